The van der Waals surface area contributed by atoms with E-state index in [2.05, 4.69) is 15.3 Å². The van der Waals surface area contributed by atoms with Crippen LogP contribution in [0.3, 0.4) is 0 Å². The average Bonchev–Trinajstić information content (AvgIpc) is 2.56. The summed E-state index contributed by atoms with van der Waals surface area (Å²) in [5.41, 5.74) is 10.0. The summed E-state index contributed by atoms with van der Waals surface area (Å²) >= 11 is 0. The van der Waals surface area contributed by atoms with Crippen molar-refractivity contribution in [3.63, 3.8) is 0 Å². The molecular formula is C13H21N5O6. The molecule has 2 atom stereocenters. The van der Waals surface area contributed by atoms with Gasteiger partial charge in [-0.1, -0.05) is 0 Å². The summed E-state index contributed by atoms with van der Waals surface area (Å²) in [5, 5.41) is 38.9. The standard InChI is InChI=1S/C13H21N5O6/c14-11(23)9-8(2-1-6(21)4-19)17-10(12(15)24)13(18-9)16-3-7(22)5-20/h6-7,19-22H,1-5H2,(H2,14,23)(H2,15,24)(H,16,18). The van der Waals surface area contributed by atoms with Crippen LogP contribution in [-0.4, -0.2) is 74.2 Å². The Kier molecular flexibility index (Phi) is 7.45. The second-order valence-corrected chi connectivity index (χ2v) is 5.04. The van der Waals surface area contributed by atoms with Crippen LogP contribution in [-0.2, 0) is 6.42 Å². The van der Waals surface area contributed by atoms with Gasteiger partial charge in [-0.15, -0.1) is 0 Å². The molecule has 1 rings (SSSR count). The molecule has 24 heavy (non-hydrogen) atoms. The van der Waals surface area contributed by atoms with Gasteiger partial charge in [0, 0.05) is 6.54 Å². The van der Waals surface area contributed by atoms with E-state index in [-0.39, 0.29) is 42.3 Å². The Morgan fingerprint density at radius 3 is 2.08 bits per heavy atom. The van der Waals surface area contributed by atoms with Crippen molar-refractivity contribution in [2.45, 2.75) is 25.0 Å². The first kappa shape index (κ1) is 19.7. The Labute approximate surface area is 137 Å². The van der Waals surface area contributed by atoms with E-state index in [1.165, 1.54) is 0 Å². The van der Waals surface area contributed by atoms with Gasteiger partial charge in [0.05, 0.1) is 31.1 Å². The Morgan fingerprint density at radius 2 is 1.58 bits per heavy atom. The molecule has 9 N–H and O–H groups in total. The van der Waals surface area contributed by atoms with E-state index in [9.17, 15) is 19.8 Å². The predicted molar refractivity (Wildman–Crippen MR) is 82.1 cm³/mol. The molecule has 1 aromatic rings. The number of hydrogen-bond acceptors (Lipinski definition) is 9. The van der Waals surface area contributed by atoms with Gasteiger partial charge in [0.15, 0.2) is 17.2 Å². The lowest BCUT2D eigenvalue weighted by Gasteiger charge is -2.15. The van der Waals surface area contributed by atoms with Crippen molar-refractivity contribution in [3.05, 3.63) is 17.1 Å². The van der Waals surface area contributed by atoms with E-state index in [1.54, 1.807) is 0 Å². The number of primary amides is 2. The number of rotatable bonds is 10. The minimum absolute atomic E-state index is 0.0345. The maximum Gasteiger partial charge on any atom is 0.271 e. The highest BCUT2D eigenvalue weighted by atomic mass is 16.3. The molecule has 0 saturated heterocycles. The molecule has 0 radical (unpaired) electrons. The number of nitrogens with two attached hydrogens (primary N) is 2. The molecule has 2 amide bonds. The lowest BCUT2D eigenvalue weighted by Crippen LogP contribution is -2.28. The van der Waals surface area contributed by atoms with Gasteiger partial charge >= 0.3 is 0 Å². The molecule has 0 aliphatic heterocycles. The van der Waals surface area contributed by atoms with Crippen LogP contribution in [0.25, 0.3) is 0 Å². The lowest BCUT2D eigenvalue weighted by molar-refractivity contribution is 0.0879. The second kappa shape index (κ2) is 9.08. The van der Waals surface area contributed by atoms with E-state index in [1.807, 2.05) is 0 Å². The van der Waals surface area contributed by atoms with Crippen molar-refractivity contribution in [2.75, 3.05) is 25.1 Å². The zero-order valence-corrected chi connectivity index (χ0v) is 12.8. The van der Waals surface area contributed by atoms with Gasteiger partial charge in [-0.2, -0.15) is 0 Å². The molecule has 0 saturated carbocycles. The fraction of sp³-hybridized carbons (Fsp3) is 0.538. The fourth-order valence-electron chi connectivity index (χ4n) is 1.81. The Hall–Kier alpha value is -2.34. The van der Waals surface area contributed by atoms with Crippen LogP contribution in [0.2, 0.25) is 0 Å². The summed E-state index contributed by atoms with van der Waals surface area (Å²) in [6, 6.07) is 0. The van der Waals surface area contributed by atoms with E-state index in [4.69, 9.17) is 21.7 Å². The highest BCUT2D eigenvalue weighted by Crippen LogP contribution is 2.16. The number of aliphatic hydroxyl groups is 4. The number of nitrogens with zero attached hydrogens (tertiary/aromatic N) is 2. The number of amides is 2. The number of carbonyl (C=O) groups excluding carboxylic acids is 2. The molecule has 11 nitrogen and oxygen atoms in total. The Morgan fingerprint density at radius 1 is 1.00 bits per heavy atom. The summed E-state index contributed by atoms with van der Waals surface area (Å²) in [6.45, 7) is -1.15. The Bertz CT molecular complexity index is 545. The van der Waals surface area contributed by atoms with Crippen molar-refractivity contribution in [1.29, 1.82) is 0 Å². The quantitative estimate of drug-likeness (QED) is 0.227. The normalized spacial score (nSPS) is 13.3. The minimum Gasteiger partial charge on any atom is -0.394 e. The third kappa shape index (κ3) is 5.38. The molecule has 2 unspecified atom stereocenters. The molecule has 0 fully saturated rings. The number of nitrogens with one attached hydrogen (secondary N) is 1. The molecule has 1 heterocycles. The largest absolute Gasteiger partial charge is 0.394 e. The maximum atomic E-state index is 11.5. The van der Waals surface area contributed by atoms with Gasteiger partial charge in [-0.25, -0.2) is 9.97 Å². The van der Waals surface area contributed by atoms with Gasteiger partial charge in [-0.3, -0.25) is 9.59 Å². The number of anilines is 1. The molecule has 0 aliphatic rings. The number of aromatic nitrogens is 2. The van der Waals surface area contributed by atoms with Crippen molar-refractivity contribution in [3.8, 4) is 0 Å². The van der Waals surface area contributed by atoms with Crippen LogP contribution in [0, 0.1) is 0 Å². The molecule has 0 aliphatic carbocycles. The summed E-state index contributed by atoms with van der Waals surface area (Å²) in [5.74, 6) is -1.99. The second-order valence-electron chi connectivity index (χ2n) is 5.04. The van der Waals surface area contributed by atoms with Crippen molar-refractivity contribution in [1.82, 2.24) is 9.97 Å². The third-order valence-corrected chi connectivity index (χ3v) is 3.08. The first-order valence-corrected chi connectivity index (χ1v) is 7.12. The van der Waals surface area contributed by atoms with Gasteiger partial charge in [0.2, 0.25) is 0 Å². The molecule has 11 heteroatoms. The number of carbonyl (C=O) groups is 2. The number of aliphatic hydroxyl groups excluding tert-OH is 4. The Balaban J connectivity index is 3.18. The SMILES string of the molecule is NC(=O)c1nc(NCC(O)CO)c(C(N)=O)nc1CCC(O)CO. The van der Waals surface area contributed by atoms with E-state index in [0.717, 1.165) is 0 Å². The van der Waals surface area contributed by atoms with Gasteiger partial charge in [-0.05, 0) is 12.8 Å². The number of hydrogen-bond donors (Lipinski definition) is 7. The molecule has 0 bridgehead atoms. The first-order valence-electron chi connectivity index (χ1n) is 7.12. The van der Waals surface area contributed by atoms with Crippen molar-refractivity contribution < 1.29 is 30.0 Å². The van der Waals surface area contributed by atoms with Crippen LogP contribution in [0.1, 0.15) is 33.1 Å². The zero-order chi connectivity index (χ0) is 18.3. The third-order valence-electron chi connectivity index (χ3n) is 3.08. The predicted octanol–water partition coefficient (Wildman–Crippen LogP) is -3.27. The summed E-state index contributed by atoms with van der Waals surface area (Å²) in [4.78, 5) is 30.9. The smallest absolute Gasteiger partial charge is 0.271 e. The maximum absolute atomic E-state index is 11.5. The topological polar surface area (TPSA) is 205 Å². The molecule has 0 aromatic carbocycles. The fourth-order valence-corrected chi connectivity index (χ4v) is 1.81. The highest BCUT2D eigenvalue weighted by Gasteiger charge is 2.21. The molecular weight excluding hydrogens is 322 g/mol. The van der Waals surface area contributed by atoms with E-state index < -0.39 is 37.2 Å². The van der Waals surface area contributed by atoms with Crippen LogP contribution < -0.4 is 16.8 Å². The molecule has 1 aromatic heterocycles. The van der Waals surface area contributed by atoms with Crippen LogP contribution in [0.5, 0.6) is 0 Å². The summed E-state index contributed by atoms with van der Waals surface area (Å²) in [7, 11) is 0. The first-order chi connectivity index (χ1) is 11.3. The summed E-state index contributed by atoms with van der Waals surface area (Å²) < 4.78 is 0. The van der Waals surface area contributed by atoms with E-state index in [0.29, 0.717) is 0 Å². The molecule has 0 spiro atoms. The zero-order valence-electron chi connectivity index (χ0n) is 12.8. The minimum atomic E-state index is -1.12. The van der Waals surface area contributed by atoms with Crippen LogP contribution >= 0.6 is 0 Å². The number of aryl methyl sites for hydroxylation is 1. The average molecular weight is 343 g/mol. The highest BCUT2D eigenvalue weighted by molar-refractivity contribution is 5.98. The van der Waals surface area contributed by atoms with Crippen molar-refractivity contribution in [2.24, 2.45) is 11.5 Å². The lowest BCUT2D eigenvalue weighted by atomic mass is 10.1. The van der Waals surface area contributed by atoms with Crippen LogP contribution in [0.15, 0.2) is 0 Å². The van der Waals surface area contributed by atoms with Gasteiger partial charge in [0.1, 0.15) is 0 Å². The summed E-state index contributed by atoms with van der Waals surface area (Å²) in [6.07, 6.45) is -2.04. The molecule has 134 valence electrons. The monoisotopic (exact) mass is 343 g/mol. The van der Waals surface area contributed by atoms with Crippen LogP contribution in [0.4, 0.5) is 5.82 Å². The van der Waals surface area contributed by atoms with Gasteiger partial charge < -0.3 is 37.2 Å². The van der Waals surface area contributed by atoms with Crippen molar-refractivity contribution >= 4 is 17.6 Å². The van der Waals surface area contributed by atoms with E-state index >= 15 is 0 Å². The van der Waals surface area contributed by atoms with Gasteiger partial charge in [0.25, 0.3) is 11.8 Å².